The van der Waals surface area contributed by atoms with Crippen molar-refractivity contribution < 1.29 is 33.0 Å². The minimum atomic E-state index is -5.08. The number of alkyl halides is 3. The SMILES string of the molecule is CC(=O)O.N.O=C(O)C(F)(F)F. The quantitative estimate of drug-likeness (QED) is 0.526. The lowest BCUT2D eigenvalue weighted by molar-refractivity contribution is -0.192. The first-order chi connectivity index (χ1) is 4.68. The summed E-state index contributed by atoms with van der Waals surface area (Å²) in [7, 11) is 0. The lowest BCUT2D eigenvalue weighted by atomic mass is 10.7. The molecule has 0 bridgehead atoms. The van der Waals surface area contributed by atoms with Gasteiger partial charge in [-0.15, -0.1) is 0 Å². The van der Waals surface area contributed by atoms with Gasteiger partial charge in [0.25, 0.3) is 5.97 Å². The normalized spacial score (nSPS) is 8.67. The fourth-order valence-corrected chi connectivity index (χ4v) is 0. The third kappa shape index (κ3) is 23.4. The van der Waals surface area contributed by atoms with E-state index in [1.54, 1.807) is 0 Å². The van der Waals surface area contributed by atoms with E-state index in [-0.39, 0.29) is 6.15 Å². The highest BCUT2D eigenvalue weighted by Crippen LogP contribution is 2.13. The summed E-state index contributed by atoms with van der Waals surface area (Å²) in [5, 5.41) is 14.5. The lowest BCUT2D eigenvalue weighted by Gasteiger charge is -1.93. The molecule has 0 radical (unpaired) electrons. The third-order valence-corrected chi connectivity index (χ3v) is 0.243. The van der Waals surface area contributed by atoms with Crippen LogP contribution in [0.1, 0.15) is 6.92 Å². The molecule has 12 heavy (non-hydrogen) atoms. The fourth-order valence-electron chi connectivity index (χ4n) is 0. The largest absolute Gasteiger partial charge is 0.490 e. The number of carboxylic acid groups (broad SMARTS) is 2. The summed E-state index contributed by atoms with van der Waals surface area (Å²) < 4.78 is 31.7. The molecule has 5 N–H and O–H groups in total. The van der Waals surface area contributed by atoms with Gasteiger partial charge in [-0.2, -0.15) is 13.2 Å². The second-order valence-corrected chi connectivity index (χ2v) is 1.32. The summed E-state index contributed by atoms with van der Waals surface area (Å²) in [5.41, 5.74) is 0. The summed E-state index contributed by atoms with van der Waals surface area (Å²) in [6.07, 6.45) is -5.08. The van der Waals surface area contributed by atoms with Crippen LogP contribution in [0.25, 0.3) is 0 Å². The maximum atomic E-state index is 10.6. The molecule has 8 heteroatoms. The Hall–Kier alpha value is -1.31. The number of rotatable bonds is 0. The first kappa shape index (κ1) is 17.0. The van der Waals surface area contributed by atoms with Gasteiger partial charge in [-0.3, -0.25) is 4.79 Å². The number of halogens is 3. The van der Waals surface area contributed by atoms with Crippen molar-refractivity contribution in [3.63, 3.8) is 0 Å². The molecule has 0 amide bonds. The molecule has 0 saturated heterocycles. The van der Waals surface area contributed by atoms with Gasteiger partial charge in [0.05, 0.1) is 0 Å². The van der Waals surface area contributed by atoms with Gasteiger partial charge < -0.3 is 16.4 Å². The van der Waals surface area contributed by atoms with Crippen molar-refractivity contribution >= 4 is 11.9 Å². The zero-order valence-corrected chi connectivity index (χ0v) is 6.05. The molecule has 0 aliphatic rings. The van der Waals surface area contributed by atoms with E-state index < -0.39 is 18.1 Å². The minimum absolute atomic E-state index is 0. The van der Waals surface area contributed by atoms with Crippen molar-refractivity contribution in [3.8, 4) is 0 Å². The number of carbonyl (C=O) groups is 2. The highest BCUT2D eigenvalue weighted by Gasteiger charge is 2.38. The summed E-state index contributed by atoms with van der Waals surface area (Å²) >= 11 is 0. The maximum Gasteiger partial charge on any atom is 0.490 e. The zero-order chi connectivity index (χ0) is 9.65. The molecule has 0 aromatic rings. The molecule has 0 rings (SSSR count). The second-order valence-electron chi connectivity index (χ2n) is 1.32. The van der Waals surface area contributed by atoms with Crippen LogP contribution < -0.4 is 6.15 Å². The van der Waals surface area contributed by atoms with E-state index >= 15 is 0 Å². The summed E-state index contributed by atoms with van der Waals surface area (Å²) in [6, 6.07) is 0. The average Bonchev–Trinajstić information content (AvgIpc) is 1.59. The van der Waals surface area contributed by atoms with Crippen LogP contribution in [-0.2, 0) is 9.59 Å². The molecule has 0 aliphatic carbocycles. The van der Waals surface area contributed by atoms with Crippen LogP contribution in [0, 0.1) is 0 Å². The molecular weight excluding hydrogens is 183 g/mol. The molecule has 0 aromatic heterocycles. The highest BCUT2D eigenvalue weighted by atomic mass is 19.4. The van der Waals surface area contributed by atoms with Crippen LogP contribution in [0.3, 0.4) is 0 Å². The van der Waals surface area contributed by atoms with Gasteiger partial charge in [-0.05, 0) is 0 Å². The van der Waals surface area contributed by atoms with Crippen molar-refractivity contribution in [1.29, 1.82) is 0 Å². The monoisotopic (exact) mass is 191 g/mol. The van der Waals surface area contributed by atoms with Crippen molar-refractivity contribution in [2.24, 2.45) is 0 Å². The van der Waals surface area contributed by atoms with E-state index in [4.69, 9.17) is 19.8 Å². The average molecular weight is 191 g/mol. The molecule has 0 unspecified atom stereocenters. The molecule has 0 heterocycles. The number of carboxylic acids is 2. The fraction of sp³-hybridized carbons (Fsp3) is 0.500. The Morgan fingerprint density at radius 3 is 1.25 bits per heavy atom. The van der Waals surface area contributed by atoms with Crippen LogP contribution in [0.2, 0.25) is 0 Å². The summed E-state index contributed by atoms with van der Waals surface area (Å²) in [6.45, 7) is 1.08. The first-order valence-electron chi connectivity index (χ1n) is 2.17. The molecule has 5 nitrogen and oxygen atoms in total. The van der Waals surface area contributed by atoms with Crippen molar-refractivity contribution in [2.75, 3.05) is 0 Å². The predicted molar refractivity (Wildman–Crippen MR) is 32.0 cm³/mol. The Balaban J connectivity index is -0.000000142. The Morgan fingerprint density at radius 1 is 1.17 bits per heavy atom. The topological polar surface area (TPSA) is 110 Å². The second kappa shape index (κ2) is 6.40. The van der Waals surface area contributed by atoms with Crippen LogP contribution in [0.4, 0.5) is 13.2 Å². The van der Waals surface area contributed by atoms with E-state index in [2.05, 4.69) is 0 Å². The van der Waals surface area contributed by atoms with E-state index in [0.29, 0.717) is 0 Å². The van der Waals surface area contributed by atoms with Gasteiger partial charge in [0.15, 0.2) is 0 Å². The molecular formula is C4H8F3NO4. The smallest absolute Gasteiger partial charge is 0.481 e. The van der Waals surface area contributed by atoms with Gasteiger partial charge in [0, 0.05) is 6.92 Å². The Bertz CT molecular complexity index is 151. The summed E-state index contributed by atoms with van der Waals surface area (Å²) in [4.78, 5) is 17.9. The van der Waals surface area contributed by atoms with Crippen LogP contribution >= 0.6 is 0 Å². The Morgan fingerprint density at radius 2 is 1.25 bits per heavy atom. The lowest BCUT2D eigenvalue weighted by Crippen LogP contribution is -2.21. The van der Waals surface area contributed by atoms with Gasteiger partial charge in [-0.1, -0.05) is 0 Å². The third-order valence-electron chi connectivity index (χ3n) is 0.243. The van der Waals surface area contributed by atoms with Crippen LogP contribution in [-0.4, -0.2) is 28.3 Å². The molecule has 0 saturated carbocycles. The first-order valence-corrected chi connectivity index (χ1v) is 2.17. The molecule has 0 atom stereocenters. The van der Waals surface area contributed by atoms with Gasteiger partial charge in [-0.25, -0.2) is 4.79 Å². The Kier molecular flexibility index (Phi) is 9.06. The zero-order valence-electron chi connectivity index (χ0n) is 6.05. The van der Waals surface area contributed by atoms with E-state index in [9.17, 15) is 13.2 Å². The van der Waals surface area contributed by atoms with Crippen molar-refractivity contribution in [2.45, 2.75) is 13.1 Å². The number of hydrogen-bond donors (Lipinski definition) is 3. The van der Waals surface area contributed by atoms with Crippen LogP contribution in [0.15, 0.2) is 0 Å². The van der Waals surface area contributed by atoms with Crippen LogP contribution in [0.5, 0.6) is 0 Å². The Labute approximate surface area is 65.4 Å². The summed E-state index contributed by atoms with van der Waals surface area (Å²) in [5.74, 6) is -3.59. The van der Waals surface area contributed by atoms with E-state index in [0.717, 1.165) is 6.92 Å². The van der Waals surface area contributed by atoms with E-state index in [1.807, 2.05) is 0 Å². The maximum absolute atomic E-state index is 10.6. The molecule has 0 aromatic carbocycles. The van der Waals surface area contributed by atoms with Gasteiger partial charge in [0.1, 0.15) is 0 Å². The minimum Gasteiger partial charge on any atom is -0.481 e. The predicted octanol–water partition coefficient (Wildman–Crippen LogP) is 0.886. The highest BCUT2D eigenvalue weighted by molar-refractivity contribution is 5.73. The van der Waals surface area contributed by atoms with Crippen molar-refractivity contribution in [1.82, 2.24) is 6.15 Å². The number of hydrogen-bond acceptors (Lipinski definition) is 3. The van der Waals surface area contributed by atoms with Crippen molar-refractivity contribution in [3.05, 3.63) is 0 Å². The van der Waals surface area contributed by atoms with Gasteiger partial charge >= 0.3 is 12.1 Å². The molecule has 0 aliphatic heterocycles. The molecule has 0 fully saturated rings. The molecule has 74 valence electrons. The molecule has 0 spiro atoms. The number of aliphatic carboxylic acids is 2. The van der Waals surface area contributed by atoms with Gasteiger partial charge in [0.2, 0.25) is 0 Å². The standard InChI is InChI=1S/C2HF3O2.C2H4O2.H3N/c3-2(4,5)1(6)7;1-2(3)4;/h(H,6,7);1H3,(H,3,4);1H3. The van der Waals surface area contributed by atoms with E-state index in [1.165, 1.54) is 0 Å².